The molecule has 160 valence electrons. The summed E-state index contributed by atoms with van der Waals surface area (Å²) in [7, 11) is 3.96. The van der Waals surface area contributed by atoms with Crippen molar-refractivity contribution in [2.45, 2.75) is 44.1 Å². The van der Waals surface area contributed by atoms with Crippen molar-refractivity contribution in [2.75, 3.05) is 53.5 Å². The first-order valence-corrected chi connectivity index (χ1v) is 11.3. The molecule has 3 aliphatic rings. The SMILES string of the molecule is COCC1(CN[C@@H]2CC2c2ccccc2)CCN(C(=O)C2CCN(C)CC2)CC1. The summed E-state index contributed by atoms with van der Waals surface area (Å²) in [4.78, 5) is 17.4. The molecule has 0 radical (unpaired) electrons. The molecule has 29 heavy (non-hydrogen) atoms. The first kappa shape index (κ1) is 20.8. The van der Waals surface area contributed by atoms with E-state index >= 15 is 0 Å². The van der Waals surface area contributed by atoms with Crippen LogP contribution in [0.2, 0.25) is 0 Å². The van der Waals surface area contributed by atoms with Gasteiger partial charge in [-0.05, 0) is 57.8 Å². The topological polar surface area (TPSA) is 44.8 Å². The van der Waals surface area contributed by atoms with Crippen LogP contribution in [0.25, 0.3) is 0 Å². The van der Waals surface area contributed by atoms with Gasteiger partial charge in [0.15, 0.2) is 0 Å². The predicted octanol–water partition coefficient (Wildman–Crippen LogP) is 2.73. The van der Waals surface area contributed by atoms with Gasteiger partial charge in [0.25, 0.3) is 0 Å². The van der Waals surface area contributed by atoms with E-state index in [1.807, 2.05) is 7.11 Å². The van der Waals surface area contributed by atoms with Crippen molar-refractivity contribution in [1.82, 2.24) is 15.1 Å². The largest absolute Gasteiger partial charge is 0.384 e. The number of rotatable bonds is 7. The van der Waals surface area contributed by atoms with Crippen molar-refractivity contribution in [2.24, 2.45) is 11.3 Å². The van der Waals surface area contributed by atoms with Crippen molar-refractivity contribution < 1.29 is 9.53 Å². The number of methoxy groups -OCH3 is 1. The lowest BCUT2D eigenvalue weighted by molar-refractivity contribution is -0.140. The Morgan fingerprint density at radius 3 is 2.48 bits per heavy atom. The van der Waals surface area contributed by atoms with E-state index in [1.165, 1.54) is 12.0 Å². The van der Waals surface area contributed by atoms with Crippen LogP contribution in [-0.4, -0.2) is 75.2 Å². The standard InChI is InChI=1S/C24H37N3O2/c1-26-12-8-20(9-13-26)23(28)27-14-10-24(11-15-27,18-29-2)17-25-22-16-21(22)19-6-4-3-5-7-19/h3-7,20-22,25H,8-18H2,1-2H3/t21?,22-/m1/s1. The lowest BCUT2D eigenvalue weighted by Crippen LogP contribution is -2.51. The van der Waals surface area contributed by atoms with Crippen LogP contribution in [0.15, 0.2) is 30.3 Å². The fourth-order valence-corrected chi connectivity index (χ4v) is 5.23. The number of nitrogens with one attached hydrogen (secondary N) is 1. The number of ether oxygens (including phenoxy) is 1. The molecule has 2 saturated heterocycles. The number of hydrogen-bond donors (Lipinski definition) is 1. The molecule has 4 rings (SSSR count). The molecule has 1 N–H and O–H groups in total. The van der Waals surface area contributed by atoms with E-state index in [-0.39, 0.29) is 11.3 Å². The molecule has 1 aliphatic carbocycles. The van der Waals surface area contributed by atoms with Crippen LogP contribution in [0.4, 0.5) is 0 Å². The Morgan fingerprint density at radius 2 is 1.83 bits per heavy atom. The van der Waals surface area contributed by atoms with Crippen LogP contribution in [0.5, 0.6) is 0 Å². The van der Waals surface area contributed by atoms with Crippen molar-refractivity contribution >= 4 is 5.91 Å². The highest BCUT2D eigenvalue weighted by Gasteiger charge is 2.42. The van der Waals surface area contributed by atoms with Gasteiger partial charge in [-0.1, -0.05) is 30.3 Å². The smallest absolute Gasteiger partial charge is 0.225 e. The number of amides is 1. The van der Waals surface area contributed by atoms with Gasteiger partial charge in [0.05, 0.1) is 6.61 Å². The molecule has 2 atom stereocenters. The highest BCUT2D eigenvalue weighted by Crippen LogP contribution is 2.42. The van der Waals surface area contributed by atoms with Gasteiger partial charge in [-0.2, -0.15) is 0 Å². The van der Waals surface area contributed by atoms with E-state index in [0.717, 1.165) is 65.0 Å². The van der Waals surface area contributed by atoms with Gasteiger partial charge in [-0.3, -0.25) is 4.79 Å². The molecule has 1 aromatic carbocycles. The molecule has 5 nitrogen and oxygen atoms in total. The zero-order valence-electron chi connectivity index (χ0n) is 18.1. The summed E-state index contributed by atoms with van der Waals surface area (Å²) in [6.07, 6.45) is 5.33. The van der Waals surface area contributed by atoms with E-state index in [2.05, 4.69) is 52.5 Å². The Labute approximate surface area is 175 Å². The summed E-state index contributed by atoms with van der Waals surface area (Å²) in [5.41, 5.74) is 1.60. The number of benzene rings is 1. The van der Waals surface area contributed by atoms with Gasteiger partial charge >= 0.3 is 0 Å². The molecular formula is C24H37N3O2. The minimum Gasteiger partial charge on any atom is -0.384 e. The van der Waals surface area contributed by atoms with E-state index in [4.69, 9.17) is 4.74 Å². The van der Waals surface area contributed by atoms with E-state index in [0.29, 0.717) is 17.9 Å². The number of carbonyl (C=O) groups is 1. The van der Waals surface area contributed by atoms with Gasteiger partial charge in [0.2, 0.25) is 5.91 Å². The van der Waals surface area contributed by atoms with Gasteiger partial charge < -0.3 is 19.9 Å². The van der Waals surface area contributed by atoms with E-state index in [1.54, 1.807) is 0 Å². The molecule has 0 aromatic heterocycles. The number of hydrogen-bond acceptors (Lipinski definition) is 4. The maximum atomic E-state index is 13.0. The Hall–Kier alpha value is -1.43. The lowest BCUT2D eigenvalue weighted by Gasteiger charge is -2.43. The fraction of sp³-hybridized carbons (Fsp3) is 0.708. The van der Waals surface area contributed by atoms with Crippen molar-refractivity contribution in [3.05, 3.63) is 35.9 Å². The van der Waals surface area contributed by atoms with Crippen LogP contribution < -0.4 is 5.32 Å². The minimum atomic E-state index is 0.155. The van der Waals surface area contributed by atoms with Gasteiger partial charge in [-0.15, -0.1) is 0 Å². The van der Waals surface area contributed by atoms with Gasteiger partial charge in [-0.25, -0.2) is 0 Å². The quantitative estimate of drug-likeness (QED) is 0.766. The summed E-state index contributed by atoms with van der Waals surface area (Å²) in [5, 5.41) is 3.82. The average molecular weight is 400 g/mol. The van der Waals surface area contributed by atoms with Crippen molar-refractivity contribution in [1.29, 1.82) is 0 Å². The molecule has 1 unspecified atom stereocenters. The number of nitrogens with zero attached hydrogens (tertiary/aromatic N) is 2. The first-order valence-electron chi connectivity index (χ1n) is 11.3. The number of likely N-dealkylation sites (tertiary alicyclic amines) is 2. The third-order valence-electron chi connectivity index (χ3n) is 7.41. The Morgan fingerprint density at radius 1 is 1.14 bits per heavy atom. The molecule has 2 aliphatic heterocycles. The minimum absolute atomic E-state index is 0.155. The zero-order chi connectivity index (χ0) is 20.3. The molecular weight excluding hydrogens is 362 g/mol. The summed E-state index contributed by atoms with van der Waals surface area (Å²) >= 11 is 0. The van der Waals surface area contributed by atoms with Crippen LogP contribution in [-0.2, 0) is 9.53 Å². The summed E-state index contributed by atoms with van der Waals surface area (Å²) in [6, 6.07) is 11.4. The van der Waals surface area contributed by atoms with Crippen LogP contribution in [0, 0.1) is 11.3 Å². The Bertz CT molecular complexity index is 664. The summed E-state index contributed by atoms with van der Waals surface area (Å²) in [6.45, 7) is 5.62. The lowest BCUT2D eigenvalue weighted by atomic mass is 9.78. The first-order chi connectivity index (χ1) is 14.1. The maximum absolute atomic E-state index is 13.0. The summed E-state index contributed by atoms with van der Waals surface area (Å²) in [5.74, 6) is 1.28. The highest BCUT2D eigenvalue weighted by atomic mass is 16.5. The number of carbonyl (C=O) groups excluding carboxylic acids is 1. The van der Waals surface area contributed by atoms with E-state index < -0.39 is 0 Å². The molecule has 1 aromatic rings. The molecule has 3 fully saturated rings. The molecule has 5 heteroatoms. The molecule has 0 spiro atoms. The fourth-order valence-electron chi connectivity index (χ4n) is 5.23. The summed E-state index contributed by atoms with van der Waals surface area (Å²) < 4.78 is 5.62. The predicted molar refractivity (Wildman–Crippen MR) is 116 cm³/mol. The average Bonchev–Trinajstić information content (AvgIpc) is 3.54. The van der Waals surface area contributed by atoms with Crippen LogP contribution in [0.1, 0.15) is 43.6 Å². The van der Waals surface area contributed by atoms with Gasteiger partial charge in [0.1, 0.15) is 0 Å². The van der Waals surface area contributed by atoms with Crippen molar-refractivity contribution in [3.8, 4) is 0 Å². The van der Waals surface area contributed by atoms with E-state index in [9.17, 15) is 4.79 Å². The van der Waals surface area contributed by atoms with Crippen LogP contribution in [0.3, 0.4) is 0 Å². The highest BCUT2D eigenvalue weighted by molar-refractivity contribution is 5.79. The molecule has 2 heterocycles. The van der Waals surface area contributed by atoms with Crippen LogP contribution >= 0.6 is 0 Å². The molecule has 1 saturated carbocycles. The third-order valence-corrected chi connectivity index (χ3v) is 7.41. The maximum Gasteiger partial charge on any atom is 0.225 e. The van der Waals surface area contributed by atoms with Crippen molar-refractivity contribution in [3.63, 3.8) is 0 Å². The second-order valence-electron chi connectivity index (χ2n) is 9.58. The molecule has 1 amide bonds. The Balaban J connectivity index is 1.27. The van der Waals surface area contributed by atoms with Gasteiger partial charge in [0, 0.05) is 50.0 Å². The monoisotopic (exact) mass is 399 g/mol. The molecule has 0 bridgehead atoms. The zero-order valence-corrected chi connectivity index (χ0v) is 18.1. The third kappa shape index (κ3) is 5.01. The second kappa shape index (κ2) is 9.15. The Kier molecular flexibility index (Phi) is 6.57. The number of piperidine rings is 2. The second-order valence-corrected chi connectivity index (χ2v) is 9.58. The normalized spacial score (nSPS) is 27.7.